The molecule has 0 amide bonds. The zero-order valence-electron chi connectivity index (χ0n) is 21.6. The fourth-order valence-corrected chi connectivity index (χ4v) is 8.10. The number of ketones is 1. The van der Waals surface area contributed by atoms with Gasteiger partial charge in [0.2, 0.25) is 0 Å². The molecule has 0 radical (unpaired) electrons. The molecule has 2 aliphatic heterocycles. The number of allylic oxidation sites excluding steroid dienone is 3. The van der Waals surface area contributed by atoms with Crippen LogP contribution in [0, 0.1) is 23.2 Å². The van der Waals surface area contributed by atoms with Crippen molar-refractivity contribution in [2.45, 2.75) is 102 Å². The van der Waals surface area contributed by atoms with Crippen molar-refractivity contribution in [2.24, 2.45) is 23.2 Å². The van der Waals surface area contributed by atoms with Crippen LogP contribution in [0.1, 0.15) is 84.0 Å². The van der Waals surface area contributed by atoms with Crippen LogP contribution in [0.4, 0.5) is 4.79 Å². The van der Waals surface area contributed by atoms with E-state index in [0.29, 0.717) is 31.0 Å². The molecule has 3 unspecified atom stereocenters. The van der Waals surface area contributed by atoms with Gasteiger partial charge in [0.25, 0.3) is 0 Å². The molecule has 2 heterocycles. The first-order valence-corrected chi connectivity index (χ1v) is 14.4. The van der Waals surface area contributed by atoms with Gasteiger partial charge in [0.15, 0.2) is 17.6 Å². The van der Waals surface area contributed by atoms with Crippen LogP contribution in [-0.2, 0) is 19.0 Å². The van der Waals surface area contributed by atoms with Crippen molar-refractivity contribution in [2.75, 3.05) is 19.7 Å². The Labute approximate surface area is 214 Å². The Morgan fingerprint density at radius 1 is 1.19 bits per heavy atom. The van der Waals surface area contributed by atoms with Crippen molar-refractivity contribution in [1.29, 1.82) is 0 Å². The van der Waals surface area contributed by atoms with Crippen molar-refractivity contribution in [3.63, 3.8) is 0 Å². The topological polar surface area (TPSA) is 85.3 Å². The van der Waals surface area contributed by atoms with E-state index in [-0.39, 0.29) is 23.7 Å². The van der Waals surface area contributed by atoms with Crippen molar-refractivity contribution in [1.82, 2.24) is 4.90 Å². The van der Waals surface area contributed by atoms with Crippen LogP contribution in [0.25, 0.3) is 0 Å². The van der Waals surface area contributed by atoms with Gasteiger partial charge in [-0.2, -0.15) is 0 Å². The summed E-state index contributed by atoms with van der Waals surface area (Å²) >= 11 is 0. The average molecular weight is 500 g/mol. The lowest BCUT2D eigenvalue weighted by Crippen LogP contribution is -2.76. The van der Waals surface area contributed by atoms with E-state index in [1.165, 1.54) is 32.1 Å². The molecule has 2 bridgehead atoms. The second-order valence-electron chi connectivity index (χ2n) is 12.1. The lowest BCUT2D eigenvalue weighted by Gasteiger charge is -2.65. The molecule has 4 aliphatic carbocycles. The fourth-order valence-electron chi connectivity index (χ4n) is 8.10. The zero-order valence-corrected chi connectivity index (χ0v) is 21.6. The van der Waals surface area contributed by atoms with Gasteiger partial charge in [-0.3, -0.25) is 9.69 Å². The van der Waals surface area contributed by atoms with Gasteiger partial charge in [-0.15, -0.1) is 0 Å². The van der Waals surface area contributed by atoms with E-state index in [1.54, 1.807) is 0 Å². The molecule has 6 rings (SSSR count). The molecular formula is C29H41NO6. The first kappa shape index (κ1) is 24.5. The van der Waals surface area contributed by atoms with Crippen LogP contribution in [0.2, 0.25) is 0 Å². The van der Waals surface area contributed by atoms with E-state index in [1.807, 2.05) is 6.08 Å². The van der Waals surface area contributed by atoms with Gasteiger partial charge in [0.05, 0.1) is 17.6 Å². The first-order valence-electron chi connectivity index (χ1n) is 14.4. The molecule has 0 aromatic heterocycles. The third-order valence-electron chi connectivity index (χ3n) is 9.97. The highest BCUT2D eigenvalue weighted by molar-refractivity contribution is 5.87. The van der Waals surface area contributed by atoms with E-state index >= 15 is 0 Å². The number of hydrogen-bond donors (Lipinski definition) is 1. The minimum Gasteiger partial charge on any atom is -0.482 e. The largest absolute Gasteiger partial charge is 0.513 e. The summed E-state index contributed by atoms with van der Waals surface area (Å²) in [5, 5.41) is 12.4. The Kier molecular flexibility index (Phi) is 6.43. The molecule has 5 fully saturated rings. The highest BCUT2D eigenvalue weighted by atomic mass is 16.7. The van der Waals surface area contributed by atoms with Crippen LogP contribution in [0.3, 0.4) is 0 Å². The van der Waals surface area contributed by atoms with Crippen LogP contribution >= 0.6 is 0 Å². The third kappa shape index (κ3) is 3.84. The van der Waals surface area contributed by atoms with Gasteiger partial charge in [-0.1, -0.05) is 45.1 Å². The number of unbranched alkanes of at least 4 members (excludes halogenated alkanes) is 5. The number of piperidine rings is 1. The second kappa shape index (κ2) is 9.46. The zero-order chi connectivity index (χ0) is 24.9. The molecule has 7 heteroatoms. The third-order valence-corrected chi connectivity index (χ3v) is 9.97. The maximum absolute atomic E-state index is 13.2. The van der Waals surface area contributed by atoms with Crippen LogP contribution in [0.15, 0.2) is 23.7 Å². The van der Waals surface area contributed by atoms with E-state index in [9.17, 15) is 14.7 Å². The maximum atomic E-state index is 13.2. The number of ether oxygens (including phenoxy) is 3. The van der Waals surface area contributed by atoms with E-state index in [0.717, 1.165) is 51.1 Å². The van der Waals surface area contributed by atoms with E-state index in [2.05, 4.69) is 17.9 Å². The minimum absolute atomic E-state index is 0.0426. The van der Waals surface area contributed by atoms with Crippen LogP contribution in [-0.4, -0.2) is 59.4 Å². The summed E-state index contributed by atoms with van der Waals surface area (Å²) in [6.45, 7) is 4.46. The number of carbonyl (C=O) groups excluding carboxylic acids is 2. The Bertz CT molecular complexity index is 955. The predicted octanol–water partition coefficient (Wildman–Crippen LogP) is 4.88. The SMILES string of the molecule is CCCCCCCCOC(=O)OC1=C2O[C@H]3C(=O)CC[C@@]4(O)C5CC(C=C1)C2[C@@]34CCN5CC1CC1. The van der Waals surface area contributed by atoms with Crippen LogP contribution in [0.5, 0.6) is 0 Å². The lowest BCUT2D eigenvalue weighted by molar-refractivity contribution is -0.244. The summed E-state index contributed by atoms with van der Waals surface area (Å²) in [4.78, 5) is 28.2. The second-order valence-corrected chi connectivity index (χ2v) is 12.1. The molecular weight excluding hydrogens is 458 g/mol. The van der Waals surface area contributed by atoms with Gasteiger partial charge >= 0.3 is 6.16 Å². The molecule has 198 valence electrons. The number of rotatable bonds is 10. The van der Waals surface area contributed by atoms with Crippen molar-refractivity contribution in [3.05, 3.63) is 23.7 Å². The van der Waals surface area contributed by atoms with Crippen LogP contribution < -0.4 is 0 Å². The molecule has 36 heavy (non-hydrogen) atoms. The standard InChI is InChI=1S/C29H41NO6/c1-2-3-4-5-6-7-16-34-27(32)35-22-11-10-20-17-23-29(33)13-12-21(31)26-28(29,24(20)25(22)36-26)14-15-30(23)18-19-8-9-19/h10-11,19-20,23-24,26,33H,2-9,12-18H2,1H3/t20?,23?,24?,26-,28-,29+/m0/s1. The van der Waals surface area contributed by atoms with E-state index in [4.69, 9.17) is 14.2 Å². The van der Waals surface area contributed by atoms with Crippen molar-refractivity contribution < 1.29 is 28.9 Å². The van der Waals surface area contributed by atoms with E-state index < -0.39 is 23.3 Å². The Hall–Kier alpha value is -1.86. The first-order chi connectivity index (χ1) is 17.5. The number of carbonyl (C=O) groups is 2. The normalized spacial score (nSPS) is 38.6. The number of hydrogen-bond acceptors (Lipinski definition) is 7. The highest BCUT2D eigenvalue weighted by Crippen LogP contribution is 2.69. The smallest absolute Gasteiger partial charge is 0.482 e. The molecule has 0 aromatic rings. The molecule has 3 saturated carbocycles. The fraction of sp³-hybridized carbons (Fsp3) is 0.793. The van der Waals surface area contributed by atoms with Crippen molar-refractivity contribution in [3.8, 4) is 0 Å². The Balaban J connectivity index is 1.19. The number of nitrogens with zero attached hydrogens (tertiary/aromatic N) is 1. The summed E-state index contributed by atoms with van der Waals surface area (Å²) in [7, 11) is 0. The predicted molar refractivity (Wildman–Crippen MR) is 133 cm³/mol. The quantitative estimate of drug-likeness (QED) is 0.339. The van der Waals surface area contributed by atoms with Gasteiger partial charge < -0.3 is 19.3 Å². The molecule has 2 saturated heterocycles. The Morgan fingerprint density at radius 3 is 2.81 bits per heavy atom. The van der Waals surface area contributed by atoms with Gasteiger partial charge in [-0.05, 0) is 63.0 Å². The summed E-state index contributed by atoms with van der Waals surface area (Å²) in [5.74, 6) is 1.77. The molecule has 0 aromatic carbocycles. The molecule has 6 atom stereocenters. The van der Waals surface area contributed by atoms with Gasteiger partial charge in [0.1, 0.15) is 5.76 Å². The maximum Gasteiger partial charge on any atom is 0.513 e. The number of Topliss-reactive ketones (excluding diaryl/α,β-unsaturated/α-hetero) is 1. The average Bonchev–Trinajstić information content (AvgIpc) is 3.60. The summed E-state index contributed by atoms with van der Waals surface area (Å²) < 4.78 is 17.4. The minimum atomic E-state index is -0.962. The lowest BCUT2D eigenvalue weighted by atomic mass is 9.44. The molecule has 1 N–H and O–H groups in total. The Morgan fingerprint density at radius 2 is 2.00 bits per heavy atom. The number of aliphatic hydroxyl groups is 1. The molecule has 1 spiro atoms. The summed E-state index contributed by atoms with van der Waals surface area (Å²) in [5.41, 5.74) is -1.61. The number of likely N-dealkylation sites (tertiary alicyclic amines) is 1. The van der Waals surface area contributed by atoms with Gasteiger partial charge in [-0.25, -0.2) is 4.79 Å². The monoisotopic (exact) mass is 499 g/mol. The summed E-state index contributed by atoms with van der Waals surface area (Å²) in [6, 6.07) is 0.0426. The summed E-state index contributed by atoms with van der Waals surface area (Å²) in [6.07, 6.45) is 14.2. The molecule has 6 aliphatic rings. The molecule has 7 nitrogen and oxygen atoms in total. The highest BCUT2D eigenvalue weighted by Gasteiger charge is 2.77. The van der Waals surface area contributed by atoms with Gasteiger partial charge in [0, 0.05) is 24.9 Å². The van der Waals surface area contributed by atoms with Crippen molar-refractivity contribution >= 4 is 11.9 Å².